The molecule has 1 heterocycles. The molecule has 2 amide bonds. The number of hydrogen-bond acceptors (Lipinski definition) is 5. The number of aryl methyl sites for hydroxylation is 1. The lowest BCUT2D eigenvalue weighted by Crippen LogP contribution is -2.17. The molecule has 0 saturated heterocycles. The van der Waals surface area contributed by atoms with Crippen molar-refractivity contribution >= 4 is 33.8 Å². The van der Waals surface area contributed by atoms with Gasteiger partial charge in [-0.25, -0.2) is 0 Å². The molecule has 0 saturated carbocycles. The van der Waals surface area contributed by atoms with Crippen molar-refractivity contribution in [2.75, 3.05) is 5.32 Å². The third-order valence-electron chi connectivity index (χ3n) is 3.96. The van der Waals surface area contributed by atoms with Gasteiger partial charge in [0.25, 0.3) is 17.5 Å². The minimum absolute atomic E-state index is 0.109. The maximum Gasteiger partial charge on any atom is 0.269 e. The van der Waals surface area contributed by atoms with Crippen LogP contribution in [-0.4, -0.2) is 16.7 Å². The van der Waals surface area contributed by atoms with E-state index in [0.29, 0.717) is 10.6 Å². The SMILES string of the molecule is Cc1sc(NC(=O)c2ccc([N+](=O)[O-])cc2)c(C(N)=O)c1-c1ccccc1. The number of nitro benzene ring substituents is 1. The molecule has 0 spiro atoms. The summed E-state index contributed by atoms with van der Waals surface area (Å²) < 4.78 is 0. The highest BCUT2D eigenvalue weighted by Crippen LogP contribution is 2.39. The molecule has 8 heteroatoms. The maximum absolute atomic E-state index is 12.5. The number of carbonyl (C=O) groups is 2. The van der Waals surface area contributed by atoms with Gasteiger partial charge in [-0.05, 0) is 24.6 Å². The number of thiophene rings is 1. The minimum Gasteiger partial charge on any atom is -0.365 e. The second kappa shape index (κ2) is 7.38. The highest BCUT2D eigenvalue weighted by atomic mass is 32.1. The molecule has 3 rings (SSSR count). The fraction of sp³-hybridized carbons (Fsp3) is 0.0526. The van der Waals surface area contributed by atoms with Gasteiger partial charge in [-0.1, -0.05) is 30.3 Å². The van der Waals surface area contributed by atoms with Crippen molar-refractivity contribution in [3.8, 4) is 11.1 Å². The van der Waals surface area contributed by atoms with Crippen molar-refractivity contribution < 1.29 is 14.5 Å². The fourth-order valence-electron chi connectivity index (χ4n) is 2.73. The Balaban J connectivity index is 1.96. The molecule has 0 aliphatic carbocycles. The van der Waals surface area contributed by atoms with E-state index in [9.17, 15) is 19.7 Å². The van der Waals surface area contributed by atoms with Crippen LogP contribution >= 0.6 is 11.3 Å². The Morgan fingerprint density at radius 2 is 1.70 bits per heavy atom. The van der Waals surface area contributed by atoms with Crippen molar-refractivity contribution in [3.05, 3.63) is 80.7 Å². The standard InChI is InChI=1S/C19H15N3O4S/c1-11-15(12-5-3-2-4-6-12)16(17(20)23)19(27-11)21-18(24)13-7-9-14(10-8-13)22(25)26/h2-10H,1H3,(H2,20,23)(H,21,24). The van der Waals surface area contributed by atoms with Crippen LogP contribution < -0.4 is 11.1 Å². The van der Waals surface area contributed by atoms with E-state index in [0.717, 1.165) is 10.4 Å². The van der Waals surface area contributed by atoms with Crippen LogP contribution in [0.3, 0.4) is 0 Å². The third-order valence-corrected chi connectivity index (χ3v) is 4.98. The number of amides is 2. The summed E-state index contributed by atoms with van der Waals surface area (Å²) in [5.41, 5.74) is 7.47. The van der Waals surface area contributed by atoms with Gasteiger partial charge in [0.1, 0.15) is 5.00 Å². The second-order valence-electron chi connectivity index (χ2n) is 5.73. The highest BCUT2D eigenvalue weighted by molar-refractivity contribution is 7.17. The van der Waals surface area contributed by atoms with Gasteiger partial charge < -0.3 is 11.1 Å². The zero-order chi connectivity index (χ0) is 19.6. The fourth-order valence-corrected chi connectivity index (χ4v) is 3.81. The zero-order valence-electron chi connectivity index (χ0n) is 14.3. The van der Waals surface area contributed by atoms with Crippen molar-refractivity contribution in [3.63, 3.8) is 0 Å². The zero-order valence-corrected chi connectivity index (χ0v) is 15.1. The Morgan fingerprint density at radius 3 is 2.26 bits per heavy atom. The van der Waals surface area contributed by atoms with Gasteiger partial charge in [0.15, 0.2) is 0 Å². The Hall–Kier alpha value is -3.52. The van der Waals surface area contributed by atoms with Crippen molar-refractivity contribution in [2.45, 2.75) is 6.92 Å². The molecule has 3 N–H and O–H groups in total. The average molecular weight is 381 g/mol. The molecular formula is C19H15N3O4S. The molecule has 0 aliphatic rings. The second-order valence-corrected chi connectivity index (χ2v) is 6.95. The summed E-state index contributed by atoms with van der Waals surface area (Å²) >= 11 is 1.25. The summed E-state index contributed by atoms with van der Waals surface area (Å²) in [4.78, 5) is 35.6. The van der Waals surface area contributed by atoms with Crippen molar-refractivity contribution in [1.82, 2.24) is 0 Å². The number of benzene rings is 2. The molecule has 7 nitrogen and oxygen atoms in total. The van der Waals surface area contributed by atoms with Crippen LogP contribution in [0.5, 0.6) is 0 Å². The Morgan fingerprint density at radius 1 is 1.07 bits per heavy atom. The summed E-state index contributed by atoms with van der Waals surface area (Å²) in [6.45, 7) is 1.85. The number of primary amides is 1. The summed E-state index contributed by atoms with van der Waals surface area (Å²) in [6.07, 6.45) is 0. The molecular weight excluding hydrogens is 366 g/mol. The lowest BCUT2D eigenvalue weighted by molar-refractivity contribution is -0.384. The van der Waals surface area contributed by atoms with Crippen LogP contribution in [0.1, 0.15) is 25.6 Å². The van der Waals surface area contributed by atoms with Crippen molar-refractivity contribution in [2.24, 2.45) is 5.73 Å². The molecule has 2 aromatic carbocycles. The minimum atomic E-state index is -0.641. The predicted molar refractivity (Wildman–Crippen MR) is 104 cm³/mol. The topological polar surface area (TPSA) is 115 Å². The molecule has 0 aliphatic heterocycles. The van der Waals surface area contributed by atoms with Crippen LogP contribution in [0, 0.1) is 17.0 Å². The molecule has 0 radical (unpaired) electrons. The number of nitro groups is 1. The monoisotopic (exact) mass is 381 g/mol. The number of hydrogen-bond donors (Lipinski definition) is 2. The normalized spacial score (nSPS) is 10.4. The third kappa shape index (κ3) is 3.70. The first-order chi connectivity index (χ1) is 12.9. The van der Waals surface area contributed by atoms with Crippen molar-refractivity contribution in [1.29, 1.82) is 0 Å². The average Bonchev–Trinajstić information content (AvgIpc) is 2.98. The first-order valence-electron chi connectivity index (χ1n) is 7.93. The van der Waals surface area contributed by atoms with E-state index in [1.54, 1.807) is 0 Å². The van der Waals surface area contributed by atoms with Crippen LogP contribution in [0.25, 0.3) is 11.1 Å². The quantitative estimate of drug-likeness (QED) is 0.513. The summed E-state index contributed by atoms with van der Waals surface area (Å²) in [5, 5.41) is 13.8. The molecule has 0 bridgehead atoms. The van der Waals surface area contributed by atoms with E-state index in [4.69, 9.17) is 5.73 Å². The molecule has 27 heavy (non-hydrogen) atoms. The molecule has 1 aromatic heterocycles. The van der Waals surface area contributed by atoms with E-state index in [1.165, 1.54) is 35.6 Å². The van der Waals surface area contributed by atoms with Gasteiger partial charge >= 0.3 is 0 Å². The molecule has 0 atom stereocenters. The first-order valence-corrected chi connectivity index (χ1v) is 8.74. The van der Waals surface area contributed by atoms with E-state index in [1.807, 2.05) is 37.3 Å². The number of carbonyl (C=O) groups excluding carboxylic acids is 2. The van der Waals surface area contributed by atoms with Gasteiger partial charge in [-0.15, -0.1) is 11.3 Å². The smallest absolute Gasteiger partial charge is 0.269 e. The Labute approximate surface area is 158 Å². The van der Waals surface area contributed by atoms with Crippen LogP contribution in [0.2, 0.25) is 0 Å². The summed E-state index contributed by atoms with van der Waals surface area (Å²) in [5.74, 6) is -1.12. The van der Waals surface area contributed by atoms with Gasteiger partial charge in [-0.3, -0.25) is 19.7 Å². The first kappa shape index (κ1) is 18.3. The number of non-ortho nitro benzene ring substituents is 1. The predicted octanol–water partition coefficient (Wildman–Crippen LogP) is 3.98. The lowest BCUT2D eigenvalue weighted by atomic mass is 10.0. The largest absolute Gasteiger partial charge is 0.365 e. The number of nitrogens with zero attached hydrogens (tertiary/aromatic N) is 1. The lowest BCUT2D eigenvalue weighted by Gasteiger charge is -2.07. The van der Waals surface area contributed by atoms with Gasteiger partial charge in [0, 0.05) is 28.1 Å². The number of nitrogens with two attached hydrogens (primary N) is 1. The number of nitrogens with one attached hydrogen (secondary N) is 1. The molecule has 3 aromatic rings. The van der Waals surface area contributed by atoms with E-state index >= 15 is 0 Å². The van der Waals surface area contributed by atoms with E-state index in [2.05, 4.69) is 5.32 Å². The van der Waals surface area contributed by atoms with Crippen LogP contribution in [-0.2, 0) is 0 Å². The Kier molecular flexibility index (Phi) is 5.00. The summed E-state index contributed by atoms with van der Waals surface area (Å²) in [6, 6.07) is 14.5. The van der Waals surface area contributed by atoms with E-state index < -0.39 is 16.7 Å². The number of anilines is 1. The molecule has 0 fully saturated rings. The van der Waals surface area contributed by atoms with Gasteiger partial charge in [0.05, 0.1) is 10.5 Å². The maximum atomic E-state index is 12.5. The van der Waals surface area contributed by atoms with E-state index in [-0.39, 0.29) is 16.8 Å². The molecule has 0 unspecified atom stereocenters. The highest BCUT2D eigenvalue weighted by Gasteiger charge is 2.23. The number of rotatable bonds is 5. The van der Waals surface area contributed by atoms with Gasteiger partial charge in [-0.2, -0.15) is 0 Å². The Bertz CT molecular complexity index is 1030. The van der Waals surface area contributed by atoms with Gasteiger partial charge in [0.2, 0.25) is 0 Å². The molecule has 136 valence electrons. The van der Waals surface area contributed by atoms with Crippen LogP contribution in [0.15, 0.2) is 54.6 Å². The van der Waals surface area contributed by atoms with Crippen LogP contribution in [0.4, 0.5) is 10.7 Å². The summed E-state index contributed by atoms with van der Waals surface area (Å²) in [7, 11) is 0.